The van der Waals surface area contributed by atoms with Gasteiger partial charge in [-0.15, -0.1) is 0 Å². The summed E-state index contributed by atoms with van der Waals surface area (Å²) < 4.78 is 26.4. The van der Waals surface area contributed by atoms with Gasteiger partial charge in [0.2, 0.25) is 5.91 Å². The Morgan fingerprint density at radius 3 is 2.67 bits per heavy atom. The van der Waals surface area contributed by atoms with Gasteiger partial charge in [-0.3, -0.25) is 9.36 Å². The number of anilines is 3. The third kappa shape index (κ3) is 6.36. The Kier molecular flexibility index (Phi) is 8.50. The van der Waals surface area contributed by atoms with Crippen molar-refractivity contribution >= 4 is 34.3 Å². The number of nitrogens with one attached hydrogen (secondary N) is 1. The lowest BCUT2D eigenvalue weighted by Crippen LogP contribution is -2.48. The number of nitrogen functional groups attached to an aromatic ring is 2. The highest BCUT2D eigenvalue weighted by Gasteiger charge is 2.56. The molecule has 1 aliphatic carbocycles. The summed E-state index contributed by atoms with van der Waals surface area (Å²) in [6, 6.07) is 6.22. The number of rotatable bonds is 11. The van der Waals surface area contributed by atoms with Crippen molar-refractivity contribution in [1.82, 2.24) is 24.4 Å². The first-order valence-corrected chi connectivity index (χ1v) is 15.7. The normalized spacial score (nSPS) is 27.5. The van der Waals surface area contributed by atoms with Crippen LogP contribution in [-0.2, 0) is 29.2 Å². The van der Waals surface area contributed by atoms with Crippen molar-refractivity contribution in [2.45, 2.75) is 95.2 Å². The summed E-state index contributed by atoms with van der Waals surface area (Å²) in [4.78, 5) is 28.0. The molecule has 2 aromatic heterocycles. The molecule has 2 saturated heterocycles. The van der Waals surface area contributed by atoms with Crippen LogP contribution in [0.3, 0.4) is 0 Å². The average molecular weight is 623 g/mol. The Labute approximate surface area is 263 Å². The first-order valence-electron chi connectivity index (χ1n) is 15.7. The number of methoxy groups -OCH3 is 1. The van der Waals surface area contributed by atoms with E-state index in [1.165, 1.54) is 6.33 Å². The number of nitrogens with two attached hydrogens (primary N) is 2. The summed E-state index contributed by atoms with van der Waals surface area (Å²) in [7, 11) is 3.82. The highest BCUT2D eigenvalue weighted by molar-refractivity contribution is 5.93. The third-order valence-electron chi connectivity index (χ3n) is 9.48. The zero-order valence-corrected chi connectivity index (χ0v) is 27.0. The maximum absolute atomic E-state index is 12.8. The molecule has 1 saturated carbocycles. The van der Waals surface area contributed by atoms with Gasteiger partial charge in [0.15, 0.2) is 23.5 Å². The van der Waals surface area contributed by atoms with Crippen LogP contribution < -0.4 is 16.8 Å². The number of ether oxygens (including phenoxy) is 4. The highest BCUT2D eigenvalue weighted by Crippen LogP contribution is 2.45. The van der Waals surface area contributed by atoms with Gasteiger partial charge >= 0.3 is 0 Å². The number of amides is 1. The molecule has 1 aromatic carbocycles. The third-order valence-corrected chi connectivity index (χ3v) is 9.48. The van der Waals surface area contributed by atoms with Crippen molar-refractivity contribution in [3.8, 4) is 0 Å². The Bertz CT molecular complexity index is 1540. The maximum Gasteiger partial charge on any atom is 0.224 e. The number of nitrogens with zero attached hydrogens (tertiary/aromatic N) is 5. The van der Waals surface area contributed by atoms with Crippen molar-refractivity contribution in [2.75, 3.05) is 44.1 Å². The predicted octanol–water partition coefficient (Wildman–Crippen LogP) is 3.46. The smallest absolute Gasteiger partial charge is 0.224 e. The molecule has 13 nitrogen and oxygen atoms in total. The average Bonchev–Trinajstić information content (AvgIpc) is 3.60. The number of carbonyl (C=O) groups is 1. The number of aromatic nitrogens is 4. The van der Waals surface area contributed by atoms with Crippen LogP contribution in [0, 0.1) is 5.92 Å². The number of benzene rings is 1. The number of imidazole rings is 1. The molecular weight excluding hydrogens is 576 g/mol. The molecule has 3 aromatic rings. The number of likely N-dealkylation sites (N-methyl/N-ethyl adjacent to an activating group) is 1. The summed E-state index contributed by atoms with van der Waals surface area (Å²) >= 11 is 0. The van der Waals surface area contributed by atoms with Crippen LogP contribution in [0.25, 0.3) is 11.2 Å². The van der Waals surface area contributed by atoms with E-state index < -0.39 is 12.0 Å². The second kappa shape index (κ2) is 12.1. The lowest BCUT2D eigenvalue weighted by molar-refractivity contribution is -0.198. The molecule has 0 radical (unpaired) electrons. The van der Waals surface area contributed by atoms with Crippen LogP contribution >= 0.6 is 0 Å². The summed E-state index contributed by atoms with van der Waals surface area (Å²) in [5.74, 6) is 0.0776. The Hall–Kier alpha value is -3.36. The first kappa shape index (κ1) is 31.6. The molecule has 0 bridgehead atoms. The Morgan fingerprint density at radius 1 is 1.18 bits per heavy atom. The maximum atomic E-state index is 12.8. The van der Waals surface area contributed by atoms with Gasteiger partial charge in [-0.25, -0.2) is 15.0 Å². The fourth-order valence-electron chi connectivity index (χ4n) is 6.90. The molecule has 3 aliphatic rings. The number of hydrogen-bond donors (Lipinski definition) is 3. The number of fused-ring (bicyclic) bond motifs is 2. The van der Waals surface area contributed by atoms with Crippen molar-refractivity contribution < 1.29 is 23.7 Å². The fourth-order valence-corrected chi connectivity index (χ4v) is 6.90. The molecule has 4 unspecified atom stereocenters. The van der Waals surface area contributed by atoms with Crippen LogP contribution in [0.15, 0.2) is 30.9 Å². The van der Waals surface area contributed by atoms with Crippen molar-refractivity contribution in [3.05, 3.63) is 36.4 Å². The second-order valence-corrected chi connectivity index (χ2v) is 13.8. The van der Waals surface area contributed by atoms with Crippen LogP contribution in [0.1, 0.15) is 65.2 Å². The van der Waals surface area contributed by atoms with Crippen molar-refractivity contribution in [1.29, 1.82) is 0 Å². The number of hydrogen-bond acceptors (Lipinski definition) is 11. The lowest BCUT2D eigenvalue weighted by atomic mass is 9.76. The minimum atomic E-state index is -0.728. The zero-order chi connectivity index (χ0) is 32.1. The van der Waals surface area contributed by atoms with Crippen LogP contribution in [0.2, 0.25) is 0 Å². The Balaban J connectivity index is 1.00. The molecule has 5 N–H and O–H groups in total. The molecule has 4 atom stereocenters. The van der Waals surface area contributed by atoms with E-state index >= 15 is 0 Å². The van der Waals surface area contributed by atoms with Crippen LogP contribution in [-0.4, -0.2) is 87.8 Å². The van der Waals surface area contributed by atoms with Crippen molar-refractivity contribution in [3.63, 3.8) is 0 Å². The standard InChI is InChI=1S/C32H46N8O5/c1-31(2,15-42-6)19-8-9-22(21(33)13-19)38-24(41)10-7-18-11-20(12-18)39(5)14-23-26-27(45-32(3,4)44-26)30(43-23)40-17-37-25-28(34)35-16-36-29(25)40/h8-9,13,16-18,20,23,26-27,30H,7,10-12,14-15,33H2,1-6H3,(H,38,41)(H2,34,35,36). The van der Waals surface area contributed by atoms with Crippen molar-refractivity contribution in [2.24, 2.45) is 5.92 Å². The second-order valence-electron chi connectivity index (χ2n) is 13.8. The molecule has 2 aliphatic heterocycles. The molecule has 3 fully saturated rings. The van der Waals surface area contributed by atoms with Gasteiger partial charge in [-0.05, 0) is 63.8 Å². The fraction of sp³-hybridized carbons (Fsp3) is 0.625. The molecule has 6 rings (SSSR count). The zero-order valence-electron chi connectivity index (χ0n) is 27.0. The molecule has 244 valence electrons. The van der Waals surface area contributed by atoms with Gasteiger partial charge in [0.05, 0.1) is 24.3 Å². The molecule has 1 amide bonds. The minimum absolute atomic E-state index is 0.0149. The topological polar surface area (TPSA) is 165 Å². The van der Waals surface area contributed by atoms with E-state index in [0.717, 1.165) is 24.8 Å². The van der Waals surface area contributed by atoms with Gasteiger partial charge < -0.3 is 40.6 Å². The van der Waals surface area contributed by atoms with Gasteiger partial charge in [0, 0.05) is 31.5 Å². The van der Waals surface area contributed by atoms with Crippen LogP contribution in [0.5, 0.6) is 0 Å². The Morgan fingerprint density at radius 2 is 1.93 bits per heavy atom. The summed E-state index contributed by atoms with van der Waals surface area (Å²) in [6.45, 7) is 9.34. The SMILES string of the molecule is COCC(C)(C)c1ccc(NC(=O)CCC2CC(N(C)CC3OC(n4cnc5c(N)ncnc54)C4OC(C)(C)OC34)C2)c(N)c1. The van der Waals surface area contributed by atoms with Crippen LogP contribution in [0.4, 0.5) is 17.2 Å². The summed E-state index contributed by atoms with van der Waals surface area (Å²) in [5, 5.41) is 3.00. The van der Waals surface area contributed by atoms with E-state index in [4.69, 9.17) is 30.4 Å². The summed E-state index contributed by atoms with van der Waals surface area (Å²) in [5.41, 5.74) is 15.6. The monoisotopic (exact) mass is 622 g/mol. The molecule has 0 spiro atoms. The summed E-state index contributed by atoms with van der Waals surface area (Å²) in [6.07, 6.45) is 5.26. The van der Waals surface area contributed by atoms with Gasteiger partial charge in [-0.1, -0.05) is 19.9 Å². The molecular formula is C32H46N8O5. The molecule has 13 heteroatoms. The lowest BCUT2D eigenvalue weighted by Gasteiger charge is -2.42. The molecule has 45 heavy (non-hydrogen) atoms. The highest BCUT2D eigenvalue weighted by atomic mass is 16.8. The van der Waals surface area contributed by atoms with E-state index in [0.29, 0.717) is 59.9 Å². The quantitative estimate of drug-likeness (QED) is 0.268. The largest absolute Gasteiger partial charge is 0.397 e. The van der Waals surface area contributed by atoms with Gasteiger partial charge in [-0.2, -0.15) is 0 Å². The van der Waals surface area contributed by atoms with E-state index in [-0.39, 0.29) is 29.6 Å². The predicted molar refractivity (Wildman–Crippen MR) is 170 cm³/mol. The van der Waals surface area contributed by atoms with E-state index in [9.17, 15) is 4.79 Å². The van der Waals surface area contributed by atoms with Gasteiger partial charge in [0.1, 0.15) is 30.2 Å². The van der Waals surface area contributed by atoms with Gasteiger partial charge in [0.25, 0.3) is 0 Å². The number of carbonyl (C=O) groups excluding carboxylic acids is 1. The molecule has 4 heterocycles. The first-order chi connectivity index (χ1) is 21.3. The van der Waals surface area contributed by atoms with E-state index in [1.807, 2.05) is 36.6 Å². The minimum Gasteiger partial charge on any atom is -0.397 e. The van der Waals surface area contributed by atoms with E-state index in [1.54, 1.807) is 13.4 Å². The van der Waals surface area contributed by atoms with E-state index in [2.05, 4.69) is 46.1 Å².